The van der Waals surface area contributed by atoms with Crippen LogP contribution in [0.15, 0.2) is 23.3 Å². The summed E-state index contributed by atoms with van der Waals surface area (Å²) >= 11 is 0. The van der Waals surface area contributed by atoms with Crippen molar-refractivity contribution in [2.24, 2.45) is 17.8 Å². The Morgan fingerprint density at radius 1 is 1.39 bits per heavy atom. The van der Waals surface area contributed by atoms with Gasteiger partial charge >= 0.3 is 11.9 Å². The molecule has 0 radical (unpaired) electrons. The molecule has 0 amide bonds. The lowest BCUT2D eigenvalue weighted by atomic mass is 9.71. The Bertz CT molecular complexity index is 406. The van der Waals surface area contributed by atoms with Gasteiger partial charge in [-0.2, -0.15) is 0 Å². The molecule has 0 aromatic carbocycles. The van der Waals surface area contributed by atoms with Gasteiger partial charge < -0.3 is 10.2 Å². The van der Waals surface area contributed by atoms with Crippen molar-refractivity contribution in [3.63, 3.8) is 0 Å². The number of carbonyl (C=O) groups is 2. The highest BCUT2D eigenvalue weighted by Crippen LogP contribution is 2.37. The Hall–Kier alpha value is -1.58. The summed E-state index contributed by atoms with van der Waals surface area (Å²) in [5.41, 5.74) is 2.05. The highest BCUT2D eigenvalue weighted by Gasteiger charge is 2.41. The standard InChI is InChI=1S/C14H20O4/c1-4-8(2)5-10-6-9(3)7-11(13(15)16)12(10)14(17)18/h4,6,10-12H,5,7H2,1-3H3,(H,15,16)(H,17,18)/b8-4+. The number of carboxylic acids is 2. The molecule has 0 aliphatic heterocycles. The monoisotopic (exact) mass is 252 g/mol. The molecule has 1 aliphatic rings. The van der Waals surface area contributed by atoms with Crippen LogP contribution in [0, 0.1) is 17.8 Å². The van der Waals surface area contributed by atoms with Gasteiger partial charge in [0.05, 0.1) is 11.8 Å². The van der Waals surface area contributed by atoms with E-state index in [4.69, 9.17) is 0 Å². The summed E-state index contributed by atoms with van der Waals surface area (Å²) in [4.78, 5) is 22.6. The number of hydrogen-bond acceptors (Lipinski definition) is 2. The molecule has 0 saturated heterocycles. The van der Waals surface area contributed by atoms with E-state index in [1.807, 2.05) is 32.9 Å². The first-order chi connectivity index (χ1) is 8.36. The quantitative estimate of drug-likeness (QED) is 0.754. The van der Waals surface area contributed by atoms with Crippen molar-refractivity contribution < 1.29 is 19.8 Å². The summed E-state index contributed by atoms with van der Waals surface area (Å²) in [7, 11) is 0. The molecule has 4 heteroatoms. The number of carboxylic acid groups (broad SMARTS) is 2. The molecule has 1 aliphatic carbocycles. The van der Waals surface area contributed by atoms with Crippen molar-refractivity contribution in [1.29, 1.82) is 0 Å². The van der Waals surface area contributed by atoms with Gasteiger partial charge in [-0.25, -0.2) is 0 Å². The lowest BCUT2D eigenvalue weighted by Gasteiger charge is -2.31. The van der Waals surface area contributed by atoms with Crippen molar-refractivity contribution in [3.05, 3.63) is 23.3 Å². The largest absolute Gasteiger partial charge is 0.481 e. The normalized spacial score (nSPS) is 28.7. The molecule has 100 valence electrons. The first-order valence-corrected chi connectivity index (χ1v) is 6.11. The van der Waals surface area contributed by atoms with Gasteiger partial charge in [-0.3, -0.25) is 9.59 Å². The summed E-state index contributed by atoms with van der Waals surface area (Å²) < 4.78 is 0. The number of aliphatic carboxylic acids is 2. The third-order valence-electron chi connectivity index (χ3n) is 3.59. The number of allylic oxidation sites excluding steroid dienone is 4. The summed E-state index contributed by atoms with van der Waals surface area (Å²) in [6, 6.07) is 0. The second-order valence-electron chi connectivity index (χ2n) is 5.03. The van der Waals surface area contributed by atoms with Gasteiger partial charge in [0, 0.05) is 0 Å². The predicted molar refractivity (Wildman–Crippen MR) is 68.2 cm³/mol. The van der Waals surface area contributed by atoms with Crippen molar-refractivity contribution in [2.45, 2.75) is 33.6 Å². The van der Waals surface area contributed by atoms with Crippen LogP contribution < -0.4 is 0 Å². The minimum Gasteiger partial charge on any atom is -0.481 e. The Labute approximate surface area is 107 Å². The van der Waals surface area contributed by atoms with Crippen LogP contribution in [-0.2, 0) is 9.59 Å². The van der Waals surface area contributed by atoms with Crippen LogP contribution in [-0.4, -0.2) is 22.2 Å². The molecular formula is C14H20O4. The SMILES string of the molecule is C/C=C(\C)CC1C=C(C)CC(C(=O)O)C1C(=O)O. The van der Waals surface area contributed by atoms with Gasteiger partial charge in [0.25, 0.3) is 0 Å². The van der Waals surface area contributed by atoms with Crippen LogP contribution in [0.4, 0.5) is 0 Å². The molecule has 0 bridgehead atoms. The second-order valence-corrected chi connectivity index (χ2v) is 5.03. The zero-order chi connectivity index (χ0) is 13.9. The van der Waals surface area contributed by atoms with Crippen LogP contribution in [0.5, 0.6) is 0 Å². The zero-order valence-electron chi connectivity index (χ0n) is 11.0. The fourth-order valence-electron chi connectivity index (χ4n) is 2.58. The van der Waals surface area contributed by atoms with E-state index < -0.39 is 23.8 Å². The van der Waals surface area contributed by atoms with Crippen molar-refractivity contribution in [3.8, 4) is 0 Å². The summed E-state index contributed by atoms with van der Waals surface area (Å²) in [5.74, 6) is -3.91. The van der Waals surface area contributed by atoms with Gasteiger partial charge in [0.1, 0.15) is 0 Å². The van der Waals surface area contributed by atoms with Crippen LogP contribution in [0.25, 0.3) is 0 Å². The van der Waals surface area contributed by atoms with Crippen LogP contribution in [0.3, 0.4) is 0 Å². The lowest BCUT2D eigenvalue weighted by molar-refractivity contribution is -0.155. The third-order valence-corrected chi connectivity index (χ3v) is 3.59. The van der Waals surface area contributed by atoms with Crippen molar-refractivity contribution in [2.75, 3.05) is 0 Å². The Morgan fingerprint density at radius 3 is 2.44 bits per heavy atom. The Kier molecular flexibility index (Phi) is 4.70. The Balaban J connectivity index is 3.07. The molecule has 3 unspecified atom stereocenters. The van der Waals surface area contributed by atoms with E-state index in [0.29, 0.717) is 12.8 Å². The van der Waals surface area contributed by atoms with Crippen LogP contribution in [0.1, 0.15) is 33.6 Å². The predicted octanol–water partition coefficient (Wildman–Crippen LogP) is 2.71. The number of hydrogen-bond donors (Lipinski definition) is 2. The molecule has 3 atom stereocenters. The number of rotatable bonds is 4. The maximum atomic E-state index is 11.3. The van der Waals surface area contributed by atoms with Crippen LogP contribution in [0.2, 0.25) is 0 Å². The van der Waals surface area contributed by atoms with E-state index in [1.165, 1.54) is 0 Å². The molecule has 0 aromatic rings. The van der Waals surface area contributed by atoms with Crippen LogP contribution >= 0.6 is 0 Å². The summed E-state index contributed by atoms with van der Waals surface area (Å²) in [6.07, 6.45) is 4.80. The highest BCUT2D eigenvalue weighted by atomic mass is 16.4. The van der Waals surface area contributed by atoms with Gasteiger partial charge in [0.15, 0.2) is 0 Å². The fraction of sp³-hybridized carbons (Fsp3) is 0.571. The van der Waals surface area contributed by atoms with Crippen molar-refractivity contribution in [1.82, 2.24) is 0 Å². The highest BCUT2D eigenvalue weighted by molar-refractivity contribution is 5.81. The molecule has 4 nitrogen and oxygen atoms in total. The molecule has 18 heavy (non-hydrogen) atoms. The van der Waals surface area contributed by atoms with E-state index >= 15 is 0 Å². The van der Waals surface area contributed by atoms with E-state index in [0.717, 1.165) is 11.1 Å². The molecular weight excluding hydrogens is 232 g/mol. The minimum atomic E-state index is -1.02. The van der Waals surface area contributed by atoms with Gasteiger partial charge in [-0.05, 0) is 39.5 Å². The molecule has 0 heterocycles. The van der Waals surface area contributed by atoms with E-state index in [2.05, 4.69) is 0 Å². The summed E-state index contributed by atoms with van der Waals surface area (Å²) in [6.45, 7) is 5.71. The molecule has 0 aromatic heterocycles. The smallest absolute Gasteiger partial charge is 0.307 e. The van der Waals surface area contributed by atoms with E-state index in [9.17, 15) is 19.8 Å². The second kappa shape index (κ2) is 5.85. The average Bonchev–Trinajstić information content (AvgIpc) is 2.27. The van der Waals surface area contributed by atoms with E-state index in [-0.39, 0.29) is 5.92 Å². The molecule has 0 saturated carbocycles. The topological polar surface area (TPSA) is 74.6 Å². The van der Waals surface area contributed by atoms with Gasteiger partial charge in [0.2, 0.25) is 0 Å². The molecule has 1 rings (SSSR count). The maximum Gasteiger partial charge on any atom is 0.307 e. The molecule has 0 spiro atoms. The van der Waals surface area contributed by atoms with Crippen molar-refractivity contribution >= 4 is 11.9 Å². The fourth-order valence-corrected chi connectivity index (χ4v) is 2.58. The Morgan fingerprint density at radius 2 is 2.00 bits per heavy atom. The molecule has 0 fully saturated rings. The zero-order valence-corrected chi connectivity index (χ0v) is 11.0. The van der Waals surface area contributed by atoms with E-state index in [1.54, 1.807) is 0 Å². The lowest BCUT2D eigenvalue weighted by Crippen LogP contribution is -2.37. The van der Waals surface area contributed by atoms with Gasteiger partial charge in [-0.1, -0.05) is 23.3 Å². The maximum absolute atomic E-state index is 11.3. The average molecular weight is 252 g/mol. The summed E-state index contributed by atoms with van der Waals surface area (Å²) in [5, 5.41) is 18.5. The first kappa shape index (κ1) is 14.5. The third kappa shape index (κ3) is 3.22. The van der Waals surface area contributed by atoms with Gasteiger partial charge in [-0.15, -0.1) is 0 Å². The first-order valence-electron chi connectivity index (χ1n) is 6.11. The minimum absolute atomic E-state index is 0.228. The molecule has 2 N–H and O–H groups in total.